The largest absolute Gasteiger partial charge is 0.507 e. The molecule has 6 nitrogen and oxygen atoms in total. The van der Waals surface area contributed by atoms with Gasteiger partial charge >= 0.3 is 0 Å². The maximum Gasteiger partial charge on any atom is 0.128 e. The number of ether oxygens (including phenoxy) is 1. The van der Waals surface area contributed by atoms with Gasteiger partial charge in [-0.05, 0) is 25.5 Å². The molecule has 2 aromatic rings. The normalized spacial score (nSPS) is 14.1. The van der Waals surface area contributed by atoms with Gasteiger partial charge in [-0.15, -0.1) is 0 Å². The SMILES string of the molecule is CCCOc1ccc(C=NCC(C)(O)c2cnn(C)c2)c(O)c1. The summed E-state index contributed by atoms with van der Waals surface area (Å²) in [6.45, 7) is 4.49. The van der Waals surface area contributed by atoms with E-state index >= 15 is 0 Å². The van der Waals surface area contributed by atoms with Crippen LogP contribution < -0.4 is 4.74 Å². The maximum absolute atomic E-state index is 10.4. The number of phenols is 1. The Labute approximate surface area is 136 Å². The first-order chi connectivity index (χ1) is 10.9. The number of rotatable bonds is 7. The number of hydrogen-bond donors (Lipinski definition) is 2. The molecule has 0 spiro atoms. The second-order valence-electron chi connectivity index (χ2n) is 5.72. The van der Waals surface area contributed by atoms with E-state index < -0.39 is 5.60 Å². The molecule has 2 N–H and O–H groups in total. The highest BCUT2D eigenvalue weighted by molar-refractivity contribution is 5.83. The quantitative estimate of drug-likeness (QED) is 0.768. The number of aliphatic hydroxyl groups is 1. The minimum absolute atomic E-state index is 0.100. The molecule has 0 amide bonds. The van der Waals surface area contributed by atoms with E-state index in [9.17, 15) is 10.2 Å². The highest BCUT2D eigenvalue weighted by atomic mass is 16.5. The Kier molecular flexibility index (Phi) is 5.39. The molecule has 1 aromatic carbocycles. The molecule has 1 unspecified atom stereocenters. The average Bonchev–Trinajstić information content (AvgIpc) is 2.94. The third-order valence-corrected chi connectivity index (χ3v) is 3.43. The fraction of sp³-hybridized carbons (Fsp3) is 0.412. The Morgan fingerprint density at radius 1 is 1.43 bits per heavy atom. The van der Waals surface area contributed by atoms with Crippen molar-refractivity contribution < 1.29 is 14.9 Å². The van der Waals surface area contributed by atoms with Crippen molar-refractivity contribution in [2.24, 2.45) is 12.0 Å². The summed E-state index contributed by atoms with van der Waals surface area (Å²) in [7, 11) is 1.79. The van der Waals surface area contributed by atoms with Crippen LogP contribution in [-0.2, 0) is 12.6 Å². The van der Waals surface area contributed by atoms with Gasteiger partial charge in [0.15, 0.2) is 0 Å². The van der Waals surface area contributed by atoms with Crippen LogP contribution in [0.4, 0.5) is 0 Å². The van der Waals surface area contributed by atoms with E-state index in [-0.39, 0.29) is 12.3 Å². The van der Waals surface area contributed by atoms with E-state index in [4.69, 9.17) is 4.74 Å². The van der Waals surface area contributed by atoms with Gasteiger partial charge in [0, 0.05) is 36.7 Å². The van der Waals surface area contributed by atoms with Crippen molar-refractivity contribution in [1.82, 2.24) is 9.78 Å². The number of hydrogen-bond acceptors (Lipinski definition) is 5. The van der Waals surface area contributed by atoms with Gasteiger partial charge in [-0.1, -0.05) is 6.92 Å². The number of nitrogens with zero attached hydrogens (tertiary/aromatic N) is 3. The number of aromatic nitrogens is 2. The second-order valence-corrected chi connectivity index (χ2v) is 5.72. The van der Waals surface area contributed by atoms with Crippen molar-refractivity contribution in [1.29, 1.82) is 0 Å². The van der Waals surface area contributed by atoms with Crippen LogP contribution in [-0.4, -0.2) is 39.4 Å². The molecule has 0 bridgehead atoms. The Morgan fingerprint density at radius 3 is 2.83 bits per heavy atom. The van der Waals surface area contributed by atoms with Crippen molar-refractivity contribution in [2.45, 2.75) is 25.9 Å². The second kappa shape index (κ2) is 7.28. The van der Waals surface area contributed by atoms with Gasteiger partial charge in [0.05, 0.1) is 19.3 Å². The molecule has 0 fully saturated rings. The first-order valence-electron chi connectivity index (χ1n) is 7.59. The van der Waals surface area contributed by atoms with Gasteiger partial charge < -0.3 is 14.9 Å². The lowest BCUT2D eigenvalue weighted by molar-refractivity contribution is 0.0675. The van der Waals surface area contributed by atoms with Crippen LogP contribution in [0, 0.1) is 0 Å². The third kappa shape index (κ3) is 4.56. The van der Waals surface area contributed by atoms with E-state index in [0.717, 1.165) is 6.42 Å². The number of phenolic OH excluding ortho intramolecular Hbond substituents is 1. The van der Waals surface area contributed by atoms with Crippen LogP contribution in [0.5, 0.6) is 11.5 Å². The minimum atomic E-state index is -1.11. The van der Waals surface area contributed by atoms with Crippen LogP contribution >= 0.6 is 0 Å². The highest BCUT2D eigenvalue weighted by Crippen LogP contribution is 2.23. The number of aryl methyl sites for hydroxylation is 1. The molecule has 1 atom stereocenters. The van der Waals surface area contributed by atoms with Crippen molar-refractivity contribution in [2.75, 3.05) is 13.2 Å². The van der Waals surface area contributed by atoms with E-state index in [1.165, 1.54) is 0 Å². The third-order valence-electron chi connectivity index (χ3n) is 3.43. The molecule has 124 valence electrons. The molecular weight excluding hydrogens is 294 g/mol. The van der Waals surface area contributed by atoms with Gasteiger partial charge in [-0.25, -0.2) is 0 Å². The van der Waals surface area contributed by atoms with Crippen molar-refractivity contribution >= 4 is 6.21 Å². The Balaban J connectivity index is 2.02. The summed E-state index contributed by atoms with van der Waals surface area (Å²) < 4.78 is 7.09. The van der Waals surface area contributed by atoms with Crippen molar-refractivity contribution in [3.05, 3.63) is 41.7 Å². The Morgan fingerprint density at radius 2 is 2.22 bits per heavy atom. The predicted molar refractivity (Wildman–Crippen MR) is 89.1 cm³/mol. The Hall–Kier alpha value is -2.34. The molecule has 1 aromatic heterocycles. The minimum Gasteiger partial charge on any atom is -0.507 e. The Bertz CT molecular complexity index is 677. The van der Waals surface area contributed by atoms with Gasteiger partial charge in [0.2, 0.25) is 0 Å². The van der Waals surface area contributed by atoms with Crippen LogP contribution in [0.3, 0.4) is 0 Å². The molecule has 0 aliphatic rings. The molecule has 0 saturated heterocycles. The van der Waals surface area contributed by atoms with Crippen LogP contribution in [0.25, 0.3) is 0 Å². The fourth-order valence-corrected chi connectivity index (χ4v) is 2.05. The molecule has 6 heteroatoms. The molecule has 23 heavy (non-hydrogen) atoms. The van der Waals surface area contributed by atoms with Gasteiger partial charge in [0.1, 0.15) is 17.1 Å². The monoisotopic (exact) mass is 317 g/mol. The van der Waals surface area contributed by atoms with E-state index in [0.29, 0.717) is 23.5 Å². The van der Waals surface area contributed by atoms with Crippen LogP contribution in [0.15, 0.2) is 35.6 Å². The standard InChI is InChI=1S/C17H23N3O3/c1-4-7-23-15-6-5-13(16(21)8-15)9-18-12-17(2,22)14-10-19-20(3)11-14/h5-6,8-11,21-22H,4,7,12H2,1-3H3. The van der Waals surface area contributed by atoms with E-state index in [1.807, 2.05) is 6.92 Å². The lowest BCUT2D eigenvalue weighted by Gasteiger charge is -2.18. The van der Waals surface area contributed by atoms with E-state index in [2.05, 4.69) is 10.1 Å². The molecule has 0 radical (unpaired) electrons. The molecular formula is C17H23N3O3. The van der Waals surface area contributed by atoms with E-state index in [1.54, 1.807) is 55.5 Å². The van der Waals surface area contributed by atoms with Crippen LogP contribution in [0.1, 0.15) is 31.4 Å². The summed E-state index contributed by atoms with van der Waals surface area (Å²) in [6, 6.07) is 5.09. The summed E-state index contributed by atoms with van der Waals surface area (Å²) in [5, 5.41) is 24.5. The summed E-state index contributed by atoms with van der Waals surface area (Å²) in [4.78, 5) is 4.24. The summed E-state index contributed by atoms with van der Waals surface area (Å²) in [6.07, 6.45) is 5.83. The fourth-order valence-electron chi connectivity index (χ4n) is 2.05. The van der Waals surface area contributed by atoms with Gasteiger partial charge in [-0.3, -0.25) is 9.67 Å². The number of aliphatic imine (C=N–C) groups is 1. The zero-order valence-corrected chi connectivity index (χ0v) is 13.7. The van der Waals surface area contributed by atoms with Crippen LogP contribution in [0.2, 0.25) is 0 Å². The zero-order chi connectivity index (χ0) is 16.9. The molecule has 0 saturated carbocycles. The summed E-state index contributed by atoms with van der Waals surface area (Å²) in [5.74, 6) is 0.729. The molecule has 0 aliphatic heterocycles. The lowest BCUT2D eigenvalue weighted by Crippen LogP contribution is -2.24. The van der Waals surface area contributed by atoms with Crippen molar-refractivity contribution in [3.63, 3.8) is 0 Å². The van der Waals surface area contributed by atoms with Gasteiger partial charge in [0.25, 0.3) is 0 Å². The maximum atomic E-state index is 10.4. The molecule has 2 rings (SSSR count). The molecule has 1 heterocycles. The lowest BCUT2D eigenvalue weighted by atomic mass is 10.00. The first-order valence-corrected chi connectivity index (χ1v) is 7.59. The van der Waals surface area contributed by atoms with Crippen molar-refractivity contribution in [3.8, 4) is 11.5 Å². The zero-order valence-electron chi connectivity index (χ0n) is 13.7. The predicted octanol–water partition coefficient (Wildman–Crippen LogP) is 2.24. The van der Waals surface area contributed by atoms with Gasteiger partial charge in [-0.2, -0.15) is 5.10 Å². The highest BCUT2D eigenvalue weighted by Gasteiger charge is 2.23. The summed E-state index contributed by atoms with van der Waals surface area (Å²) >= 11 is 0. The molecule has 0 aliphatic carbocycles. The smallest absolute Gasteiger partial charge is 0.128 e. The first kappa shape index (κ1) is 17.0. The summed E-state index contributed by atoms with van der Waals surface area (Å²) in [5.41, 5.74) is 0.172. The number of benzene rings is 1. The topological polar surface area (TPSA) is 79.9 Å². The average molecular weight is 317 g/mol. The number of aromatic hydroxyl groups is 1.